The van der Waals surface area contributed by atoms with Gasteiger partial charge in [-0.2, -0.15) is 0 Å². The van der Waals surface area contributed by atoms with Crippen LogP contribution in [0.15, 0.2) is 99.5 Å². The summed E-state index contributed by atoms with van der Waals surface area (Å²) in [4.78, 5) is 41.7. The Morgan fingerprint density at radius 1 is 0.870 bits per heavy atom. The highest BCUT2D eigenvalue weighted by Gasteiger charge is 2.29. The van der Waals surface area contributed by atoms with Crippen LogP contribution in [0, 0.1) is 0 Å². The number of nitrogens with two attached hydrogens (primary N) is 1. The Bertz CT molecular complexity index is 2080. The van der Waals surface area contributed by atoms with Crippen molar-refractivity contribution in [3.63, 3.8) is 0 Å². The number of rotatable bonds is 9. The minimum Gasteiger partial charge on any atom is -0.383 e. The van der Waals surface area contributed by atoms with Gasteiger partial charge in [0.2, 0.25) is 5.43 Å². The van der Waals surface area contributed by atoms with Gasteiger partial charge in [0.05, 0.1) is 16.2 Å². The van der Waals surface area contributed by atoms with Crippen LogP contribution in [0.4, 0.5) is 11.5 Å². The van der Waals surface area contributed by atoms with Crippen LogP contribution in [0.3, 0.4) is 0 Å². The van der Waals surface area contributed by atoms with E-state index in [1.165, 1.54) is 17.3 Å². The van der Waals surface area contributed by atoms with Gasteiger partial charge in [0.1, 0.15) is 17.0 Å². The SMILES string of the molecule is CCSc1c(N(C)N2CCN(Cc3ccc(-n4c(-c5cccnc5N)nc5ccc(-c6ccccc6)nc54)cc3)CC2)c(=O)c1=O. The molecule has 4 heterocycles. The van der Waals surface area contributed by atoms with Gasteiger partial charge in [0, 0.05) is 57.2 Å². The van der Waals surface area contributed by atoms with Crippen molar-refractivity contribution in [3.8, 4) is 28.3 Å². The second-order valence-electron chi connectivity index (χ2n) is 11.3. The molecule has 0 bridgehead atoms. The van der Waals surface area contributed by atoms with Crippen molar-refractivity contribution in [1.82, 2.24) is 29.4 Å². The number of nitrogens with zero attached hydrogens (tertiary/aromatic N) is 7. The molecule has 0 amide bonds. The summed E-state index contributed by atoms with van der Waals surface area (Å²) in [6.45, 7) is 6.04. The minimum atomic E-state index is -0.382. The van der Waals surface area contributed by atoms with E-state index in [0.29, 0.717) is 22.2 Å². The topological polar surface area (TPSA) is 113 Å². The number of hydrogen-bond donors (Lipinski definition) is 1. The summed E-state index contributed by atoms with van der Waals surface area (Å²) in [5.41, 5.74) is 12.4. The summed E-state index contributed by atoms with van der Waals surface area (Å²) in [6.07, 6.45) is 1.68. The van der Waals surface area contributed by atoms with Crippen molar-refractivity contribution in [2.45, 2.75) is 18.4 Å². The number of piperazine rings is 1. The average Bonchev–Trinajstić information content (AvgIpc) is 3.47. The summed E-state index contributed by atoms with van der Waals surface area (Å²) in [5, 5.41) is 4.04. The zero-order valence-electron chi connectivity index (χ0n) is 25.8. The number of pyridine rings is 2. The molecule has 0 unspecified atom stereocenters. The summed E-state index contributed by atoms with van der Waals surface area (Å²) in [5.74, 6) is 1.86. The lowest BCUT2D eigenvalue weighted by molar-refractivity contribution is 0.121. The molecule has 0 saturated carbocycles. The molecule has 3 aromatic carbocycles. The number of thioether (sulfide) groups is 1. The third-order valence-corrected chi connectivity index (χ3v) is 9.44. The zero-order chi connectivity index (χ0) is 31.8. The predicted molar refractivity (Wildman–Crippen MR) is 185 cm³/mol. The normalized spacial score (nSPS) is 14.3. The smallest absolute Gasteiger partial charge is 0.252 e. The summed E-state index contributed by atoms with van der Waals surface area (Å²) in [7, 11) is 1.88. The largest absolute Gasteiger partial charge is 0.383 e. The molecule has 2 N–H and O–H groups in total. The molecule has 232 valence electrons. The molecule has 7 rings (SSSR count). The van der Waals surface area contributed by atoms with E-state index < -0.39 is 0 Å². The highest BCUT2D eigenvalue weighted by molar-refractivity contribution is 7.99. The van der Waals surface area contributed by atoms with Crippen LogP contribution < -0.4 is 21.6 Å². The Labute approximate surface area is 270 Å². The highest BCUT2D eigenvalue weighted by atomic mass is 32.2. The first-order chi connectivity index (χ1) is 22.4. The number of hydrazine groups is 1. The predicted octanol–water partition coefficient (Wildman–Crippen LogP) is 4.61. The molecule has 1 aliphatic rings. The van der Waals surface area contributed by atoms with Crippen LogP contribution >= 0.6 is 11.8 Å². The summed E-state index contributed by atoms with van der Waals surface area (Å²) in [6, 6.07) is 26.4. The van der Waals surface area contributed by atoms with E-state index in [2.05, 4.69) is 55.9 Å². The fourth-order valence-electron chi connectivity index (χ4n) is 6.04. The van der Waals surface area contributed by atoms with E-state index in [-0.39, 0.29) is 10.9 Å². The molecule has 1 saturated heterocycles. The second kappa shape index (κ2) is 12.5. The van der Waals surface area contributed by atoms with Crippen LogP contribution in [0.2, 0.25) is 0 Å². The number of fused-ring (bicyclic) bond motifs is 1. The average molecular weight is 631 g/mol. The molecule has 0 spiro atoms. The molecule has 0 aliphatic carbocycles. The maximum absolute atomic E-state index is 12.3. The molecule has 10 nitrogen and oxygen atoms in total. The zero-order valence-corrected chi connectivity index (χ0v) is 26.6. The lowest BCUT2D eigenvalue weighted by Gasteiger charge is -2.41. The first kappa shape index (κ1) is 29.8. The maximum Gasteiger partial charge on any atom is 0.252 e. The number of nitrogen functional groups attached to an aromatic ring is 1. The molecular weight excluding hydrogens is 597 g/mol. The Hall–Kier alpha value is -4.84. The Kier molecular flexibility index (Phi) is 8.12. The highest BCUT2D eigenvalue weighted by Crippen LogP contribution is 2.32. The van der Waals surface area contributed by atoms with Crippen molar-refractivity contribution in [3.05, 3.63) is 111 Å². The van der Waals surface area contributed by atoms with Crippen LogP contribution in [-0.2, 0) is 6.54 Å². The van der Waals surface area contributed by atoms with Gasteiger partial charge in [-0.15, -0.1) is 11.8 Å². The van der Waals surface area contributed by atoms with Crippen molar-refractivity contribution in [1.29, 1.82) is 0 Å². The molecule has 1 fully saturated rings. The third-order valence-electron chi connectivity index (χ3n) is 8.48. The quantitative estimate of drug-likeness (QED) is 0.180. The van der Waals surface area contributed by atoms with Crippen LogP contribution in [0.5, 0.6) is 0 Å². The monoisotopic (exact) mass is 630 g/mol. The van der Waals surface area contributed by atoms with Crippen LogP contribution in [-0.4, -0.2) is 68.4 Å². The van der Waals surface area contributed by atoms with Gasteiger partial charge in [0.25, 0.3) is 5.43 Å². The molecule has 3 aromatic heterocycles. The first-order valence-electron chi connectivity index (χ1n) is 15.3. The lowest BCUT2D eigenvalue weighted by atomic mass is 10.1. The Balaban J connectivity index is 1.12. The Morgan fingerprint density at radius 3 is 2.35 bits per heavy atom. The van der Waals surface area contributed by atoms with Gasteiger partial charge < -0.3 is 10.7 Å². The van der Waals surface area contributed by atoms with Gasteiger partial charge in [-0.1, -0.05) is 49.4 Å². The summed E-state index contributed by atoms with van der Waals surface area (Å²) >= 11 is 1.44. The molecule has 11 heteroatoms. The third kappa shape index (κ3) is 5.46. The number of hydrogen-bond acceptors (Lipinski definition) is 10. The van der Waals surface area contributed by atoms with E-state index in [1.807, 2.05) is 61.4 Å². The summed E-state index contributed by atoms with van der Waals surface area (Å²) < 4.78 is 2.06. The van der Waals surface area contributed by atoms with E-state index in [1.54, 1.807) is 6.20 Å². The minimum absolute atomic E-state index is 0.358. The van der Waals surface area contributed by atoms with Gasteiger partial charge in [-0.3, -0.25) is 19.1 Å². The van der Waals surface area contributed by atoms with Gasteiger partial charge >= 0.3 is 0 Å². The first-order valence-corrected chi connectivity index (χ1v) is 16.3. The van der Waals surface area contributed by atoms with E-state index in [4.69, 9.17) is 15.7 Å². The fourth-order valence-corrected chi connectivity index (χ4v) is 6.91. The standard InChI is InChI=1S/C35H34N8O2S/c1-3-46-32-29(30(44)31(32)45)40(2)42-20-18-41(19-21-42)22-23-11-13-25(14-12-23)43-34(26-10-7-17-37-33(26)36)39-28-16-15-27(38-35(28)43)24-8-5-4-6-9-24/h4-17H,3,18-22H2,1-2H3,(H2,36,37). The van der Waals surface area contributed by atoms with Gasteiger partial charge in [-0.25, -0.2) is 20.0 Å². The van der Waals surface area contributed by atoms with Crippen molar-refractivity contribution in [2.24, 2.45) is 0 Å². The van der Waals surface area contributed by atoms with E-state index in [9.17, 15) is 9.59 Å². The van der Waals surface area contributed by atoms with Crippen molar-refractivity contribution < 1.29 is 0 Å². The Morgan fingerprint density at radius 2 is 1.63 bits per heavy atom. The number of aromatic nitrogens is 4. The van der Waals surface area contributed by atoms with Crippen molar-refractivity contribution in [2.75, 3.05) is 49.7 Å². The fraction of sp³-hybridized carbons (Fsp3) is 0.229. The van der Waals surface area contributed by atoms with Crippen molar-refractivity contribution >= 4 is 34.4 Å². The number of benzene rings is 2. The maximum atomic E-state index is 12.3. The van der Waals surface area contributed by atoms with Crippen LogP contribution in [0.25, 0.3) is 39.5 Å². The van der Waals surface area contributed by atoms with Crippen LogP contribution in [0.1, 0.15) is 12.5 Å². The second-order valence-corrected chi connectivity index (χ2v) is 12.6. The molecule has 0 atom stereocenters. The van der Waals surface area contributed by atoms with E-state index >= 15 is 0 Å². The number of imidazole rings is 1. The molecule has 0 radical (unpaired) electrons. The van der Waals surface area contributed by atoms with E-state index in [0.717, 1.165) is 72.1 Å². The van der Waals surface area contributed by atoms with Gasteiger partial charge in [0.15, 0.2) is 11.5 Å². The molecule has 6 aromatic rings. The van der Waals surface area contributed by atoms with Gasteiger partial charge in [-0.05, 0) is 47.7 Å². The molecule has 1 aliphatic heterocycles. The molecular formula is C35H34N8O2S. The number of anilines is 2. The lowest BCUT2D eigenvalue weighted by Crippen LogP contribution is -2.55. The molecule has 46 heavy (non-hydrogen) atoms.